The summed E-state index contributed by atoms with van der Waals surface area (Å²) in [6, 6.07) is 9.64. The summed E-state index contributed by atoms with van der Waals surface area (Å²) in [6.45, 7) is 6.94. The lowest BCUT2D eigenvalue weighted by atomic mass is 9.97. The topological polar surface area (TPSA) is 6.48 Å². The fourth-order valence-corrected chi connectivity index (χ4v) is 2.89. The van der Waals surface area contributed by atoms with Gasteiger partial charge in [0, 0.05) is 24.8 Å². The molecule has 1 saturated heterocycles. The van der Waals surface area contributed by atoms with E-state index in [0.29, 0.717) is 5.92 Å². The van der Waals surface area contributed by atoms with Crippen molar-refractivity contribution in [3.8, 4) is 0 Å². The van der Waals surface area contributed by atoms with E-state index in [1.54, 1.807) is 0 Å². The number of anilines is 1. The number of nitrogens with zero attached hydrogens (tertiary/aromatic N) is 2. The predicted octanol–water partition coefficient (Wildman–Crippen LogP) is 3.34. The van der Waals surface area contributed by atoms with E-state index in [0.717, 1.165) is 6.04 Å². The highest BCUT2D eigenvalue weighted by Gasteiger charge is 2.22. The number of rotatable bonds is 3. The largest absolute Gasteiger partial charge is 0.371 e. The van der Waals surface area contributed by atoms with Gasteiger partial charge in [0.05, 0.1) is 0 Å². The Labute approximate surface area is 112 Å². The van der Waals surface area contributed by atoms with E-state index in [1.165, 1.54) is 37.2 Å². The molecule has 0 aromatic heterocycles. The highest BCUT2D eigenvalue weighted by atomic mass is 15.2. The Morgan fingerprint density at radius 3 is 2.28 bits per heavy atom. The molecule has 1 aromatic carbocycles. The molecule has 0 aliphatic carbocycles. The molecular weight excluding hydrogens is 220 g/mol. The van der Waals surface area contributed by atoms with Crippen LogP contribution in [-0.4, -0.2) is 38.1 Å². The molecule has 2 nitrogen and oxygen atoms in total. The number of para-hydroxylation sites is 1. The monoisotopic (exact) mass is 246 g/mol. The maximum absolute atomic E-state index is 2.56. The fourth-order valence-electron chi connectivity index (χ4n) is 2.89. The molecule has 0 N–H and O–H groups in total. The molecule has 1 aromatic rings. The van der Waals surface area contributed by atoms with Crippen LogP contribution in [0.5, 0.6) is 0 Å². The van der Waals surface area contributed by atoms with Crippen LogP contribution in [0.25, 0.3) is 0 Å². The maximum Gasteiger partial charge on any atom is 0.0401 e. The van der Waals surface area contributed by atoms with Crippen molar-refractivity contribution < 1.29 is 0 Å². The Balaban J connectivity index is 2.10. The van der Waals surface area contributed by atoms with Crippen molar-refractivity contribution >= 4 is 5.69 Å². The molecule has 0 atom stereocenters. The second-order valence-electron chi connectivity index (χ2n) is 5.90. The van der Waals surface area contributed by atoms with Gasteiger partial charge in [0.1, 0.15) is 0 Å². The van der Waals surface area contributed by atoms with E-state index in [-0.39, 0.29) is 0 Å². The molecular formula is C16H26N2. The van der Waals surface area contributed by atoms with E-state index in [9.17, 15) is 0 Å². The molecule has 2 heteroatoms. The number of piperidine rings is 1. The van der Waals surface area contributed by atoms with Crippen molar-refractivity contribution in [2.45, 2.75) is 38.6 Å². The molecule has 1 aliphatic heterocycles. The molecule has 0 spiro atoms. The van der Waals surface area contributed by atoms with Crippen LogP contribution < -0.4 is 4.90 Å². The highest BCUT2D eigenvalue weighted by molar-refractivity contribution is 5.55. The highest BCUT2D eigenvalue weighted by Crippen LogP contribution is 2.29. The summed E-state index contributed by atoms with van der Waals surface area (Å²) in [7, 11) is 4.39. The minimum Gasteiger partial charge on any atom is -0.371 e. The van der Waals surface area contributed by atoms with E-state index in [2.05, 4.69) is 62.0 Å². The summed E-state index contributed by atoms with van der Waals surface area (Å²) in [5, 5.41) is 0. The number of hydrogen-bond donors (Lipinski definition) is 0. The van der Waals surface area contributed by atoms with Crippen molar-refractivity contribution in [1.82, 2.24) is 4.90 Å². The van der Waals surface area contributed by atoms with E-state index < -0.39 is 0 Å². The van der Waals surface area contributed by atoms with Gasteiger partial charge in [-0.2, -0.15) is 0 Å². The van der Waals surface area contributed by atoms with Gasteiger partial charge in [-0.1, -0.05) is 32.0 Å². The van der Waals surface area contributed by atoms with Gasteiger partial charge in [-0.05, 0) is 44.5 Å². The van der Waals surface area contributed by atoms with Gasteiger partial charge in [0.2, 0.25) is 0 Å². The van der Waals surface area contributed by atoms with Gasteiger partial charge in [-0.15, -0.1) is 0 Å². The van der Waals surface area contributed by atoms with Crippen molar-refractivity contribution in [3.63, 3.8) is 0 Å². The molecule has 0 amide bonds. The summed E-state index contributed by atoms with van der Waals surface area (Å²) in [6.07, 6.45) is 2.55. The Hall–Kier alpha value is -1.02. The second kappa shape index (κ2) is 5.75. The zero-order valence-electron chi connectivity index (χ0n) is 12.2. The van der Waals surface area contributed by atoms with Gasteiger partial charge >= 0.3 is 0 Å². The van der Waals surface area contributed by atoms with Crippen LogP contribution in [0.4, 0.5) is 5.69 Å². The minimum absolute atomic E-state index is 0.604. The molecule has 2 rings (SSSR count). The van der Waals surface area contributed by atoms with Crippen LogP contribution in [0.1, 0.15) is 38.2 Å². The standard InChI is InChI=1S/C16H26N2/c1-13(2)15-7-5-6-8-16(15)18-11-9-14(10-12-18)17(3)4/h5-8,13-14H,9-12H2,1-4H3. The van der Waals surface area contributed by atoms with Crippen molar-refractivity contribution in [2.75, 3.05) is 32.1 Å². The molecule has 0 bridgehead atoms. The minimum atomic E-state index is 0.604. The quantitative estimate of drug-likeness (QED) is 0.807. The normalized spacial score (nSPS) is 17.8. The zero-order valence-corrected chi connectivity index (χ0v) is 12.2. The van der Waals surface area contributed by atoms with Crippen LogP contribution in [-0.2, 0) is 0 Å². The van der Waals surface area contributed by atoms with Crippen molar-refractivity contribution in [3.05, 3.63) is 29.8 Å². The average Bonchev–Trinajstić information content (AvgIpc) is 2.39. The number of benzene rings is 1. The summed E-state index contributed by atoms with van der Waals surface area (Å²) in [5.74, 6) is 0.604. The maximum atomic E-state index is 2.56. The average molecular weight is 246 g/mol. The second-order valence-corrected chi connectivity index (χ2v) is 5.90. The lowest BCUT2D eigenvalue weighted by Gasteiger charge is -2.37. The first-order chi connectivity index (χ1) is 8.59. The Morgan fingerprint density at radius 1 is 1.11 bits per heavy atom. The fraction of sp³-hybridized carbons (Fsp3) is 0.625. The third-order valence-electron chi connectivity index (χ3n) is 4.09. The van der Waals surface area contributed by atoms with E-state index >= 15 is 0 Å². The first-order valence-electron chi connectivity index (χ1n) is 7.10. The first kappa shape index (κ1) is 13.4. The molecule has 1 heterocycles. The summed E-state index contributed by atoms with van der Waals surface area (Å²) < 4.78 is 0. The SMILES string of the molecule is CC(C)c1ccccc1N1CCC(N(C)C)CC1. The van der Waals surface area contributed by atoms with Gasteiger partial charge in [-0.25, -0.2) is 0 Å². The molecule has 1 aliphatic rings. The third kappa shape index (κ3) is 2.86. The van der Waals surface area contributed by atoms with Crippen molar-refractivity contribution in [1.29, 1.82) is 0 Å². The Bertz CT molecular complexity index is 376. The van der Waals surface area contributed by atoms with E-state index in [1.807, 2.05) is 0 Å². The zero-order chi connectivity index (χ0) is 13.1. The van der Waals surface area contributed by atoms with Crippen LogP contribution in [0.15, 0.2) is 24.3 Å². The lowest BCUT2D eigenvalue weighted by molar-refractivity contribution is 0.249. The van der Waals surface area contributed by atoms with Crippen LogP contribution in [0.3, 0.4) is 0 Å². The number of hydrogen-bond acceptors (Lipinski definition) is 2. The van der Waals surface area contributed by atoms with E-state index in [4.69, 9.17) is 0 Å². The van der Waals surface area contributed by atoms with Crippen LogP contribution >= 0.6 is 0 Å². The Morgan fingerprint density at radius 2 is 1.72 bits per heavy atom. The lowest BCUT2D eigenvalue weighted by Crippen LogP contribution is -2.42. The predicted molar refractivity (Wildman–Crippen MR) is 79.5 cm³/mol. The smallest absolute Gasteiger partial charge is 0.0401 e. The van der Waals surface area contributed by atoms with Crippen molar-refractivity contribution in [2.24, 2.45) is 0 Å². The molecule has 18 heavy (non-hydrogen) atoms. The van der Waals surface area contributed by atoms with Gasteiger partial charge < -0.3 is 9.80 Å². The Kier molecular flexibility index (Phi) is 4.28. The molecule has 0 unspecified atom stereocenters. The van der Waals surface area contributed by atoms with Gasteiger partial charge in [0.25, 0.3) is 0 Å². The van der Waals surface area contributed by atoms with Crippen LogP contribution in [0.2, 0.25) is 0 Å². The summed E-state index contributed by atoms with van der Waals surface area (Å²) in [5.41, 5.74) is 2.94. The molecule has 0 saturated carbocycles. The molecule has 100 valence electrons. The molecule has 0 radical (unpaired) electrons. The van der Waals surface area contributed by atoms with Gasteiger partial charge in [0.15, 0.2) is 0 Å². The summed E-state index contributed by atoms with van der Waals surface area (Å²) in [4.78, 5) is 4.93. The molecule has 1 fully saturated rings. The van der Waals surface area contributed by atoms with Gasteiger partial charge in [-0.3, -0.25) is 0 Å². The first-order valence-corrected chi connectivity index (χ1v) is 7.10. The summed E-state index contributed by atoms with van der Waals surface area (Å²) >= 11 is 0. The van der Waals surface area contributed by atoms with Crippen LogP contribution in [0, 0.1) is 0 Å². The third-order valence-corrected chi connectivity index (χ3v) is 4.09.